The molecule has 0 spiro atoms. The van der Waals surface area contributed by atoms with Gasteiger partial charge < -0.3 is 5.32 Å². The van der Waals surface area contributed by atoms with Gasteiger partial charge in [0.25, 0.3) is 0 Å². The van der Waals surface area contributed by atoms with Gasteiger partial charge in [-0.25, -0.2) is 4.39 Å². The molecule has 1 fully saturated rings. The summed E-state index contributed by atoms with van der Waals surface area (Å²) in [5, 5.41) is 16.3. The Labute approximate surface area is 133 Å². The minimum atomic E-state index is -0.186. The second kappa shape index (κ2) is 5.30. The summed E-state index contributed by atoms with van der Waals surface area (Å²) in [7, 11) is 0. The molecule has 118 valence electrons. The summed E-state index contributed by atoms with van der Waals surface area (Å²) in [6.45, 7) is 3.75. The van der Waals surface area contributed by atoms with Crippen molar-refractivity contribution in [2.75, 3.05) is 5.32 Å². The molecule has 1 N–H and O–H groups in total. The first kappa shape index (κ1) is 14.1. The summed E-state index contributed by atoms with van der Waals surface area (Å²) in [4.78, 5) is 0. The molecule has 23 heavy (non-hydrogen) atoms. The molecule has 0 amide bonds. The minimum Gasteiger partial charge on any atom is -0.362 e. The van der Waals surface area contributed by atoms with Crippen LogP contribution in [0.2, 0.25) is 0 Å². The number of hydrogen-bond acceptors (Lipinski definition) is 4. The Morgan fingerprint density at radius 1 is 1.22 bits per heavy atom. The number of nitrogens with one attached hydrogen (secondary N) is 1. The molecule has 1 saturated carbocycles. The molecule has 1 unspecified atom stereocenters. The second-order valence-corrected chi connectivity index (χ2v) is 6.20. The van der Waals surface area contributed by atoms with Crippen molar-refractivity contribution in [2.24, 2.45) is 0 Å². The number of benzene rings is 1. The minimum absolute atomic E-state index is 0.0455. The Morgan fingerprint density at radius 3 is 2.78 bits per heavy atom. The monoisotopic (exact) mass is 311 g/mol. The highest BCUT2D eigenvalue weighted by Crippen LogP contribution is 2.38. The van der Waals surface area contributed by atoms with Crippen LogP contribution in [0.25, 0.3) is 5.65 Å². The summed E-state index contributed by atoms with van der Waals surface area (Å²) in [6.07, 6.45) is 2.30. The van der Waals surface area contributed by atoms with E-state index in [0.29, 0.717) is 11.5 Å². The van der Waals surface area contributed by atoms with Crippen LogP contribution < -0.4 is 5.32 Å². The second-order valence-electron chi connectivity index (χ2n) is 6.20. The van der Waals surface area contributed by atoms with Crippen LogP contribution in [-0.4, -0.2) is 19.8 Å². The van der Waals surface area contributed by atoms with E-state index in [1.54, 1.807) is 19.1 Å². The van der Waals surface area contributed by atoms with Crippen LogP contribution in [0.15, 0.2) is 30.3 Å². The number of rotatable bonds is 4. The molecule has 0 aliphatic heterocycles. The Hall–Kier alpha value is -2.50. The van der Waals surface area contributed by atoms with Gasteiger partial charge in [0.15, 0.2) is 11.5 Å². The SMILES string of the molecule is Cc1ccc(C(C)Nc2ccc3nnc(C4CC4)n3n2)cc1F. The lowest BCUT2D eigenvalue weighted by Crippen LogP contribution is -2.10. The van der Waals surface area contributed by atoms with Crippen molar-refractivity contribution in [2.45, 2.75) is 38.6 Å². The van der Waals surface area contributed by atoms with Crippen molar-refractivity contribution in [3.8, 4) is 0 Å². The number of halogens is 1. The molecule has 1 aliphatic rings. The van der Waals surface area contributed by atoms with Gasteiger partial charge in [-0.2, -0.15) is 4.52 Å². The molecule has 1 aliphatic carbocycles. The maximum Gasteiger partial charge on any atom is 0.178 e. The number of fused-ring (bicyclic) bond motifs is 1. The molecule has 1 atom stereocenters. The van der Waals surface area contributed by atoms with Crippen molar-refractivity contribution in [3.63, 3.8) is 0 Å². The fraction of sp³-hybridized carbons (Fsp3) is 0.353. The predicted octanol–water partition coefficient (Wildman–Crippen LogP) is 3.62. The van der Waals surface area contributed by atoms with Gasteiger partial charge in [0.1, 0.15) is 11.6 Å². The molecule has 0 saturated heterocycles. The molecular formula is C17H18FN5. The fourth-order valence-corrected chi connectivity index (χ4v) is 2.66. The summed E-state index contributed by atoms with van der Waals surface area (Å²) in [6, 6.07) is 9.03. The van der Waals surface area contributed by atoms with Crippen LogP contribution >= 0.6 is 0 Å². The van der Waals surface area contributed by atoms with Crippen LogP contribution in [0, 0.1) is 12.7 Å². The molecule has 6 heteroatoms. The Kier molecular flexibility index (Phi) is 3.25. The van der Waals surface area contributed by atoms with Crippen LogP contribution in [0.1, 0.15) is 48.7 Å². The van der Waals surface area contributed by atoms with Gasteiger partial charge in [-0.3, -0.25) is 0 Å². The first-order chi connectivity index (χ1) is 11.1. The zero-order valence-corrected chi connectivity index (χ0v) is 13.1. The van der Waals surface area contributed by atoms with Crippen molar-refractivity contribution in [3.05, 3.63) is 53.1 Å². The molecule has 5 nitrogen and oxygen atoms in total. The lowest BCUT2D eigenvalue weighted by atomic mass is 10.1. The first-order valence-corrected chi connectivity index (χ1v) is 7.87. The van der Waals surface area contributed by atoms with Crippen molar-refractivity contribution in [1.29, 1.82) is 0 Å². The summed E-state index contributed by atoms with van der Waals surface area (Å²) < 4.78 is 15.5. The Bertz CT molecular complexity index is 869. The van der Waals surface area contributed by atoms with Crippen molar-refractivity contribution in [1.82, 2.24) is 19.8 Å². The average molecular weight is 311 g/mol. The van der Waals surface area contributed by atoms with Gasteiger partial charge in [-0.05, 0) is 56.0 Å². The van der Waals surface area contributed by atoms with Crippen LogP contribution in [-0.2, 0) is 0 Å². The summed E-state index contributed by atoms with van der Waals surface area (Å²) in [5.74, 6) is 1.95. The van der Waals surface area contributed by atoms with E-state index in [0.717, 1.165) is 35.7 Å². The third-order valence-corrected chi connectivity index (χ3v) is 4.29. The third-order valence-electron chi connectivity index (χ3n) is 4.29. The topological polar surface area (TPSA) is 55.1 Å². The fourth-order valence-electron chi connectivity index (χ4n) is 2.66. The van der Waals surface area contributed by atoms with Crippen LogP contribution in [0.4, 0.5) is 10.2 Å². The molecule has 4 rings (SSSR count). The standard InChI is InChI=1S/C17H18FN5/c1-10-3-4-13(9-14(10)18)11(2)19-15-7-8-16-20-21-17(12-5-6-12)23(16)22-15/h3-4,7-9,11-12H,5-6H2,1-2H3,(H,19,22). The van der Waals surface area contributed by atoms with E-state index in [-0.39, 0.29) is 11.9 Å². The maximum absolute atomic E-state index is 13.7. The van der Waals surface area contributed by atoms with E-state index in [4.69, 9.17) is 0 Å². The zero-order valence-electron chi connectivity index (χ0n) is 13.1. The first-order valence-electron chi connectivity index (χ1n) is 7.87. The quantitative estimate of drug-likeness (QED) is 0.799. The third kappa shape index (κ3) is 2.65. The highest BCUT2D eigenvalue weighted by molar-refractivity contribution is 5.46. The van der Waals surface area contributed by atoms with E-state index in [1.165, 1.54) is 0 Å². The van der Waals surface area contributed by atoms with E-state index >= 15 is 0 Å². The number of anilines is 1. The highest BCUT2D eigenvalue weighted by atomic mass is 19.1. The molecule has 3 aromatic rings. The Morgan fingerprint density at radius 2 is 2.04 bits per heavy atom. The van der Waals surface area contributed by atoms with Gasteiger partial charge >= 0.3 is 0 Å². The average Bonchev–Trinajstić information content (AvgIpc) is 3.30. The van der Waals surface area contributed by atoms with Gasteiger partial charge in [0.05, 0.1) is 6.04 Å². The van der Waals surface area contributed by atoms with Gasteiger partial charge in [0.2, 0.25) is 0 Å². The van der Waals surface area contributed by atoms with Gasteiger partial charge in [0, 0.05) is 5.92 Å². The van der Waals surface area contributed by atoms with Crippen LogP contribution in [0.3, 0.4) is 0 Å². The maximum atomic E-state index is 13.7. The van der Waals surface area contributed by atoms with Crippen molar-refractivity contribution < 1.29 is 4.39 Å². The van der Waals surface area contributed by atoms with Gasteiger partial charge in [-0.1, -0.05) is 12.1 Å². The molecule has 2 heterocycles. The van der Waals surface area contributed by atoms with Crippen LogP contribution in [0.5, 0.6) is 0 Å². The molecule has 1 aromatic carbocycles. The van der Waals surface area contributed by atoms with E-state index in [9.17, 15) is 4.39 Å². The number of aryl methyl sites for hydroxylation is 1. The number of nitrogens with zero attached hydrogens (tertiary/aromatic N) is 4. The van der Waals surface area contributed by atoms with E-state index in [1.807, 2.05) is 29.6 Å². The zero-order chi connectivity index (χ0) is 16.0. The Balaban J connectivity index is 1.61. The number of aromatic nitrogens is 4. The lowest BCUT2D eigenvalue weighted by Gasteiger charge is -2.15. The molecule has 0 radical (unpaired) electrons. The number of hydrogen-bond donors (Lipinski definition) is 1. The van der Waals surface area contributed by atoms with Crippen molar-refractivity contribution >= 4 is 11.5 Å². The molecular weight excluding hydrogens is 293 g/mol. The van der Waals surface area contributed by atoms with Gasteiger partial charge in [-0.15, -0.1) is 15.3 Å². The predicted molar refractivity (Wildman–Crippen MR) is 85.9 cm³/mol. The largest absolute Gasteiger partial charge is 0.362 e. The molecule has 2 aromatic heterocycles. The normalized spacial score (nSPS) is 15.8. The smallest absolute Gasteiger partial charge is 0.178 e. The van der Waals surface area contributed by atoms with E-state index < -0.39 is 0 Å². The lowest BCUT2D eigenvalue weighted by molar-refractivity contribution is 0.614. The highest BCUT2D eigenvalue weighted by Gasteiger charge is 2.29. The van der Waals surface area contributed by atoms with E-state index in [2.05, 4.69) is 20.6 Å². The summed E-state index contributed by atoms with van der Waals surface area (Å²) in [5.41, 5.74) is 2.30. The summed E-state index contributed by atoms with van der Waals surface area (Å²) >= 11 is 0. The molecule has 0 bridgehead atoms.